The Hall–Kier alpha value is -1.67. The molecule has 0 saturated heterocycles. The van der Waals surface area contributed by atoms with Gasteiger partial charge in [-0.3, -0.25) is 19.6 Å². The molecule has 114 valence electrons. The van der Waals surface area contributed by atoms with Gasteiger partial charge in [-0.2, -0.15) is 5.10 Å². The van der Waals surface area contributed by atoms with Gasteiger partial charge in [-0.05, 0) is 20.4 Å². The second-order valence-corrected chi connectivity index (χ2v) is 4.57. The van der Waals surface area contributed by atoms with Crippen molar-refractivity contribution in [1.29, 1.82) is 0 Å². The van der Waals surface area contributed by atoms with E-state index in [-0.39, 0.29) is 24.0 Å². The minimum Gasteiger partial charge on any atom is -0.353 e. The van der Waals surface area contributed by atoms with Crippen molar-refractivity contribution in [1.82, 2.24) is 20.4 Å². The molecule has 0 aliphatic carbocycles. The lowest BCUT2D eigenvalue weighted by molar-refractivity contribution is -0.385. The zero-order valence-electron chi connectivity index (χ0n) is 11.8. The van der Waals surface area contributed by atoms with E-state index in [1.807, 2.05) is 6.92 Å². The number of aromatic nitrogens is 2. The molecule has 9 heteroatoms. The Morgan fingerprint density at radius 3 is 2.65 bits per heavy atom. The van der Waals surface area contributed by atoms with Gasteiger partial charge in [0.1, 0.15) is 17.9 Å². The number of likely N-dealkylation sites (N-methyl/N-ethyl adjacent to an activating group) is 1. The number of amides is 1. The Morgan fingerprint density at radius 2 is 2.15 bits per heavy atom. The first kappa shape index (κ1) is 18.3. The maximum Gasteiger partial charge on any atom is 0.307 e. The SMILES string of the molecule is CCNCCNC(=O)C(C)(C)n1cc([N+](=O)[O-])cn1.Cl. The van der Waals surface area contributed by atoms with Gasteiger partial charge in [0.2, 0.25) is 5.91 Å². The van der Waals surface area contributed by atoms with E-state index in [0.717, 1.165) is 12.7 Å². The van der Waals surface area contributed by atoms with Crippen LogP contribution in [0, 0.1) is 10.1 Å². The average molecular weight is 306 g/mol. The summed E-state index contributed by atoms with van der Waals surface area (Å²) in [6.07, 6.45) is 2.39. The van der Waals surface area contributed by atoms with Crippen LogP contribution in [-0.4, -0.2) is 40.2 Å². The summed E-state index contributed by atoms with van der Waals surface area (Å²) < 4.78 is 1.30. The molecule has 1 aromatic heterocycles. The van der Waals surface area contributed by atoms with Gasteiger partial charge in [0, 0.05) is 13.1 Å². The van der Waals surface area contributed by atoms with Crippen molar-refractivity contribution in [2.45, 2.75) is 26.3 Å². The first-order valence-electron chi connectivity index (χ1n) is 6.08. The first-order valence-corrected chi connectivity index (χ1v) is 6.08. The van der Waals surface area contributed by atoms with E-state index in [1.54, 1.807) is 13.8 Å². The van der Waals surface area contributed by atoms with Crippen molar-refractivity contribution >= 4 is 24.0 Å². The average Bonchev–Trinajstić information content (AvgIpc) is 2.84. The zero-order valence-corrected chi connectivity index (χ0v) is 12.6. The molecular weight excluding hydrogens is 286 g/mol. The van der Waals surface area contributed by atoms with Crippen molar-refractivity contribution in [2.24, 2.45) is 0 Å². The molecule has 20 heavy (non-hydrogen) atoms. The second-order valence-electron chi connectivity index (χ2n) is 4.57. The number of hydrogen-bond donors (Lipinski definition) is 2. The molecule has 0 saturated carbocycles. The summed E-state index contributed by atoms with van der Waals surface area (Å²) in [5.41, 5.74) is -1.10. The van der Waals surface area contributed by atoms with Crippen LogP contribution in [0.5, 0.6) is 0 Å². The highest BCUT2D eigenvalue weighted by Crippen LogP contribution is 2.18. The summed E-state index contributed by atoms with van der Waals surface area (Å²) in [5.74, 6) is -0.233. The summed E-state index contributed by atoms with van der Waals surface area (Å²) in [6.45, 7) is 7.31. The maximum atomic E-state index is 12.0. The molecule has 1 aromatic rings. The molecule has 0 aliphatic rings. The third-order valence-electron chi connectivity index (χ3n) is 2.75. The molecule has 0 radical (unpaired) electrons. The fraction of sp³-hybridized carbons (Fsp3) is 0.636. The Balaban J connectivity index is 0.00000361. The van der Waals surface area contributed by atoms with E-state index in [4.69, 9.17) is 0 Å². The Labute approximate surface area is 123 Å². The Bertz CT molecular complexity index is 461. The number of nitrogens with one attached hydrogen (secondary N) is 2. The predicted octanol–water partition coefficient (Wildman–Crippen LogP) is 0.674. The third-order valence-corrected chi connectivity index (χ3v) is 2.75. The maximum absolute atomic E-state index is 12.0. The van der Waals surface area contributed by atoms with Gasteiger partial charge in [-0.25, -0.2) is 0 Å². The number of hydrogen-bond acceptors (Lipinski definition) is 5. The number of nitro groups is 1. The highest BCUT2D eigenvalue weighted by atomic mass is 35.5. The zero-order chi connectivity index (χ0) is 14.5. The van der Waals surface area contributed by atoms with E-state index in [1.165, 1.54) is 10.9 Å². The Morgan fingerprint density at radius 1 is 1.50 bits per heavy atom. The van der Waals surface area contributed by atoms with Gasteiger partial charge in [0.15, 0.2) is 0 Å². The summed E-state index contributed by atoms with van der Waals surface area (Å²) in [7, 11) is 0. The third kappa shape index (κ3) is 4.46. The molecule has 1 heterocycles. The minimum atomic E-state index is -0.972. The summed E-state index contributed by atoms with van der Waals surface area (Å²) in [6, 6.07) is 0. The Kier molecular flexibility index (Phi) is 7.16. The van der Waals surface area contributed by atoms with Crippen LogP contribution in [0.3, 0.4) is 0 Å². The van der Waals surface area contributed by atoms with E-state index >= 15 is 0 Å². The van der Waals surface area contributed by atoms with Crippen molar-refractivity contribution in [3.05, 3.63) is 22.5 Å². The highest BCUT2D eigenvalue weighted by Gasteiger charge is 2.31. The molecule has 2 N–H and O–H groups in total. The number of carbonyl (C=O) groups is 1. The lowest BCUT2D eigenvalue weighted by Gasteiger charge is -2.23. The van der Waals surface area contributed by atoms with Gasteiger partial charge in [-0.15, -0.1) is 12.4 Å². The topological polar surface area (TPSA) is 102 Å². The van der Waals surface area contributed by atoms with E-state index in [9.17, 15) is 14.9 Å². The lowest BCUT2D eigenvalue weighted by atomic mass is 10.1. The molecule has 0 fully saturated rings. The standard InChI is InChI=1S/C11H19N5O3.ClH/c1-4-12-5-6-13-10(17)11(2,3)15-8-9(7-14-15)16(18)19;/h7-8,12H,4-6H2,1-3H3,(H,13,17);1H. The second kappa shape index (κ2) is 7.81. The van der Waals surface area contributed by atoms with Crippen LogP contribution in [0.15, 0.2) is 12.4 Å². The summed E-state index contributed by atoms with van der Waals surface area (Å²) in [5, 5.41) is 20.3. The van der Waals surface area contributed by atoms with Crippen molar-refractivity contribution in [2.75, 3.05) is 19.6 Å². The van der Waals surface area contributed by atoms with Gasteiger partial charge < -0.3 is 10.6 Å². The molecule has 0 unspecified atom stereocenters. The fourth-order valence-electron chi connectivity index (χ4n) is 1.47. The van der Waals surface area contributed by atoms with Crippen LogP contribution in [0.25, 0.3) is 0 Å². The first-order chi connectivity index (χ1) is 8.89. The molecular formula is C11H20ClN5O3. The number of carbonyl (C=O) groups excluding carboxylic acids is 1. The van der Waals surface area contributed by atoms with Crippen LogP contribution in [0.2, 0.25) is 0 Å². The van der Waals surface area contributed by atoms with Crippen LogP contribution in [0.4, 0.5) is 5.69 Å². The molecule has 1 rings (SSSR count). The normalized spacial score (nSPS) is 10.8. The van der Waals surface area contributed by atoms with Crippen LogP contribution >= 0.6 is 12.4 Å². The van der Waals surface area contributed by atoms with Crippen molar-refractivity contribution in [3.63, 3.8) is 0 Å². The predicted molar refractivity (Wildman–Crippen MR) is 77.0 cm³/mol. The molecule has 0 aliphatic heterocycles. The van der Waals surface area contributed by atoms with E-state index in [0.29, 0.717) is 13.1 Å². The summed E-state index contributed by atoms with van der Waals surface area (Å²) >= 11 is 0. The molecule has 0 atom stereocenters. The van der Waals surface area contributed by atoms with Gasteiger partial charge in [0.25, 0.3) is 0 Å². The fourth-order valence-corrected chi connectivity index (χ4v) is 1.47. The molecule has 0 spiro atoms. The lowest BCUT2D eigenvalue weighted by Crippen LogP contribution is -2.46. The quantitative estimate of drug-likeness (QED) is 0.438. The van der Waals surface area contributed by atoms with Gasteiger partial charge in [-0.1, -0.05) is 6.92 Å². The molecule has 0 bridgehead atoms. The molecule has 1 amide bonds. The van der Waals surface area contributed by atoms with Crippen LogP contribution in [0.1, 0.15) is 20.8 Å². The highest BCUT2D eigenvalue weighted by molar-refractivity contribution is 5.85. The van der Waals surface area contributed by atoms with Crippen molar-refractivity contribution in [3.8, 4) is 0 Å². The van der Waals surface area contributed by atoms with Crippen LogP contribution in [-0.2, 0) is 10.3 Å². The number of halogens is 1. The largest absolute Gasteiger partial charge is 0.353 e. The monoisotopic (exact) mass is 305 g/mol. The van der Waals surface area contributed by atoms with E-state index in [2.05, 4.69) is 15.7 Å². The van der Waals surface area contributed by atoms with Gasteiger partial charge >= 0.3 is 5.69 Å². The minimum absolute atomic E-state index is 0. The van der Waals surface area contributed by atoms with Crippen LogP contribution < -0.4 is 10.6 Å². The van der Waals surface area contributed by atoms with E-state index < -0.39 is 10.5 Å². The number of nitrogens with zero attached hydrogens (tertiary/aromatic N) is 3. The number of rotatable bonds is 7. The smallest absolute Gasteiger partial charge is 0.307 e. The van der Waals surface area contributed by atoms with Crippen molar-refractivity contribution < 1.29 is 9.72 Å². The molecule has 8 nitrogen and oxygen atoms in total. The van der Waals surface area contributed by atoms with Gasteiger partial charge in [0.05, 0.1) is 4.92 Å². The molecule has 0 aromatic carbocycles. The summed E-state index contributed by atoms with van der Waals surface area (Å²) in [4.78, 5) is 22.1.